The van der Waals surface area contributed by atoms with Crippen LogP contribution in [0, 0.1) is 0 Å². The molecule has 0 atom stereocenters. The number of nitrogens with zero attached hydrogens (tertiary/aromatic N) is 4. The number of methoxy groups -OCH3 is 2. The van der Waals surface area contributed by atoms with Crippen molar-refractivity contribution >= 4 is 34.4 Å². The summed E-state index contributed by atoms with van der Waals surface area (Å²) in [6, 6.07) is 16.8. The normalized spacial score (nSPS) is 15.3. The Hall–Kier alpha value is -3.62. The number of fused-ring (bicyclic) bond motifs is 1. The molecule has 3 heterocycles. The highest BCUT2D eigenvalue weighted by Crippen LogP contribution is 2.37. The molecule has 5 rings (SSSR count). The van der Waals surface area contributed by atoms with Gasteiger partial charge in [0.1, 0.15) is 5.52 Å². The summed E-state index contributed by atoms with van der Waals surface area (Å²) in [5, 5.41) is 11.9. The predicted octanol–water partition coefficient (Wildman–Crippen LogP) is 4.43. The summed E-state index contributed by atoms with van der Waals surface area (Å²) in [6.07, 6.45) is 1.07. The second-order valence-corrected chi connectivity index (χ2v) is 9.00. The van der Waals surface area contributed by atoms with E-state index in [2.05, 4.69) is 14.9 Å². The van der Waals surface area contributed by atoms with Gasteiger partial charge in [0, 0.05) is 23.7 Å². The van der Waals surface area contributed by atoms with Crippen molar-refractivity contribution in [1.29, 1.82) is 0 Å². The van der Waals surface area contributed by atoms with Gasteiger partial charge in [0.15, 0.2) is 17.3 Å². The Kier molecular flexibility index (Phi) is 6.08. The van der Waals surface area contributed by atoms with E-state index < -0.39 is 5.60 Å². The molecule has 0 radical (unpaired) electrons. The summed E-state index contributed by atoms with van der Waals surface area (Å²) in [5.74, 6) is 2.12. The van der Waals surface area contributed by atoms with Gasteiger partial charge in [-0.2, -0.15) is 4.98 Å². The van der Waals surface area contributed by atoms with Crippen LogP contribution in [0.3, 0.4) is 0 Å². The summed E-state index contributed by atoms with van der Waals surface area (Å²) in [4.78, 5) is 15.9. The highest BCUT2D eigenvalue weighted by Gasteiger charge is 2.35. The van der Waals surface area contributed by atoms with Gasteiger partial charge in [-0.15, -0.1) is 0 Å². The Morgan fingerprint density at radius 2 is 1.63 bits per heavy atom. The average Bonchev–Trinajstić information content (AvgIpc) is 2.88. The van der Waals surface area contributed by atoms with Gasteiger partial charge in [-0.05, 0) is 60.9 Å². The van der Waals surface area contributed by atoms with E-state index in [1.54, 1.807) is 26.4 Å². The Morgan fingerprint density at radius 1 is 0.914 bits per heavy atom. The van der Waals surface area contributed by atoms with E-state index in [1.165, 1.54) is 0 Å². The van der Waals surface area contributed by atoms with E-state index >= 15 is 0 Å². The molecule has 8 nitrogen and oxygen atoms in total. The highest BCUT2D eigenvalue weighted by molar-refractivity contribution is 6.30. The van der Waals surface area contributed by atoms with Gasteiger partial charge in [0.2, 0.25) is 5.95 Å². The Morgan fingerprint density at radius 3 is 2.31 bits per heavy atom. The van der Waals surface area contributed by atoms with Gasteiger partial charge in [0.25, 0.3) is 0 Å². The second kappa shape index (κ2) is 9.20. The number of halogens is 1. The first-order valence-corrected chi connectivity index (χ1v) is 11.7. The minimum absolute atomic E-state index is 0.187. The van der Waals surface area contributed by atoms with Crippen LogP contribution >= 0.6 is 11.6 Å². The van der Waals surface area contributed by atoms with Crippen LogP contribution in [-0.4, -0.2) is 47.4 Å². The number of hydrogen-bond acceptors (Lipinski definition) is 8. The molecule has 180 valence electrons. The van der Waals surface area contributed by atoms with Crippen molar-refractivity contribution in [2.75, 3.05) is 37.9 Å². The van der Waals surface area contributed by atoms with Crippen LogP contribution in [0.25, 0.3) is 22.3 Å². The Balaban J connectivity index is 1.48. The zero-order chi connectivity index (χ0) is 24.6. The van der Waals surface area contributed by atoms with Gasteiger partial charge in [-0.3, -0.25) is 0 Å². The zero-order valence-electron chi connectivity index (χ0n) is 19.5. The molecule has 4 aromatic rings. The van der Waals surface area contributed by atoms with Crippen molar-refractivity contribution in [1.82, 2.24) is 15.0 Å². The van der Waals surface area contributed by atoms with Crippen LogP contribution in [-0.2, 0) is 5.60 Å². The predicted molar refractivity (Wildman–Crippen MR) is 137 cm³/mol. The molecular weight excluding hydrogens is 466 g/mol. The standard InChI is InChI=1S/C26H26ClN5O3/c1-34-21-10-3-16(15-22(21)35-2)19-8-9-20-23(29-19)24(31-25(28)30-20)32-13-11-26(33,12-14-32)17-4-6-18(27)7-5-17/h3-10,15,33H,11-14H2,1-2H3,(H2,28,30,31). The maximum Gasteiger partial charge on any atom is 0.222 e. The molecule has 35 heavy (non-hydrogen) atoms. The number of aromatic nitrogens is 3. The number of ether oxygens (including phenoxy) is 2. The minimum atomic E-state index is -0.923. The number of pyridine rings is 1. The van der Waals surface area contributed by atoms with Gasteiger partial charge in [-0.25, -0.2) is 9.97 Å². The van der Waals surface area contributed by atoms with Gasteiger partial charge in [0.05, 0.1) is 31.0 Å². The van der Waals surface area contributed by atoms with E-state index in [4.69, 9.17) is 31.8 Å². The fourth-order valence-electron chi connectivity index (χ4n) is 4.53. The zero-order valence-corrected chi connectivity index (χ0v) is 20.3. The quantitative estimate of drug-likeness (QED) is 0.422. The molecular formula is C26H26ClN5O3. The lowest BCUT2D eigenvalue weighted by Crippen LogP contribution is -2.43. The summed E-state index contributed by atoms with van der Waals surface area (Å²) in [7, 11) is 3.21. The van der Waals surface area contributed by atoms with Crippen molar-refractivity contribution < 1.29 is 14.6 Å². The lowest BCUT2D eigenvalue weighted by Gasteiger charge is -2.39. The molecule has 0 aliphatic carbocycles. The Bertz CT molecular complexity index is 1370. The van der Waals surface area contributed by atoms with Crippen molar-refractivity contribution in [2.24, 2.45) is 0 Å². The monoisotopic (exact) mass is 491 g/mol. The summed E-state index contributed by atoms with van der Waals surface area (Å²) in [6.45, 7) is 1.18. The number of nitrogen functional groups attached to an aromatic ring is 1. The SMILES string of the molecule is COc1ccc(-c2ccc3nc(N)nc(N4CCC(O)(c5ccc(Cl)cc5)CC4)c3n2)cc1OC. The topological polar surface area (TPSA) is 107 Å². The molecule has 1 aliphatic heterocycles. The number of piperidine rings is 1. The number of anilines is 2. The van der Waals surface area contributed by atoms with E-state index in [0.717, 1.165) is 16.8 Å². The molecule has 1 aliphatic rings. The molecule has 0 amide bonds. The van der Waals surface area contributed by atoms with Crippen molar-refractivity contribution in [2.45, 2.75) is 18.4 Å². The minimum Gasteiger partial charge on any atom is -0.493 e. The maximum atomic E-state index is 11.3. The molecule has 9 heteroatoms. The number of rotatable bonds is 5. The van der Waals surface area contributed by atoms with Crippen molar-refractivity contribution in [3.63, 3.8) is 0 Å². The fraction of sp³-hybridized carbons (Fsp3) is 0.269. The van der Waals surface area contributed by atoms with Crippen LogP contribution in [0.5, 0.6) is 11.5 Å². The van der Waals surface area contributed by atoms with Gasteiger partial charge in [-0.1, -0.05) is 23.7 Å². The summed E-state index contributed by atoms with van der Waals surface area (Å²) < 4.78 is 10.8. The number of benzene rings is 2. The maximum absolute atomic E-state index is 11.3. The Labute approximate surface area is 208 Å². The molecule has 0 saturated carbocycles. The fourth-order valence-corrected chi connectivity index (χ4v) is 4.66. The molecule has 0 spiro atoms. The molecule has 1 saturated heterocycles. The average molecular weight is 492 g/mol. The van der Waals surface area contributed by atoms with Crippen LogP contribution in [0.2, 0.25) is 5.02 Å². The lowest BCUT2D eigenvalue weighted by atomic mass is 9.84. The lowest BCUT2D eigenvalue weighted by molar-refractivity contribution is 0.0117. The van der Waals surface area contributed by atoms with Crippen LogP contribution in [0.15, 0.2) is 54.6 Å². The molecule has 0 bridgehead atoms. The first-order chi connectivity index (χ1) is 16.9. The van der Waals surface area contributed by atoms with E-state index in [-0.39, 0.29) is 5.95 Å². The number of hydrogen-bond donors (Lipinski definition) is 2. The van der Waals surface area contributed by atoms with Crippen LogP contribution in [0.4, 0.5) is 11.8 Å². The van der Waals surface area contributed by atoms with Crippen molar-refractivity contribution in [3.05, 3.63) is 65.2 Å². The molecule has 0 unspecified atom stereocenters. The van der Waals surface area contributed by atoms with E-state index in [1.807, 2.05) is 42.5 Å². The molecule has 1 fully saturated rings. The van der Waals surface area contributed by atoms with E-state index in [9.17, 15) is 5.11 Å². The number of aliphatic hydroxyl groups is 1. The van der Waals surface area contributed by atoms with Gasteiger partial charge >= 0.3 is 0 Å². The molecule has 2 aromatic heterocycles. The van der Waals surface area contributed by atoms with Crippen molar-refractivity contribution in [3.8, 4) is 22.8 Å². The first-order valence-electron chi connectivity index (χ1n) is 11.3. The highest BCUT2D eigenvalue weighted by atomic mass is 35.5. The van der Waals surface area contributed by atoms with Crippen LogP contribution in [0.1, 0.15) is 18.4 Å². The smallest absolute Gasteiger partial charge is 0.222 e. The largest absolute Gasteiger partial charge is 0.493 e. The van der Waals surface area contributed by atoms with Crippen LogP contribution < -0.4 is 20.1 Å². The number of nitrogens with two attached hydrogens (primary N) is 1. The molecule has 2 aromatic carbocycles. The summed E-state index contributed by atoms with van der Waals surface area (Å²) in [5.41, 5.74) is 8.93. The van der Waals surface area contributed by atoms with E-state index in [0.29, 0.717) is 59.3 Å². The van der Waals surface area contributed by atoms with Gasteiger partial charge < -0.3 is 25.2 Å². The summed E-state index contributed by atoms with van der Waals surface area (Å²) >= 11 is 6.02. The third-order valence-corrected chi connectivity index (χ3v) is 6.74. The molecule has 3 N–H and O–H groups in total. The third-order valence-electron chi connectivity index (χ3n) is 6.49. The second-order valence-electron chi connectivity index (χ2n) is 8.56. The first kappa shape index (κ1) is 23.1. The third kappa shape index (κ3) is 4.42.